The number of aromatic nitrogens is 2. The van der Waals surface area contributed by atoms with Crippen molar-refractivity contribution < 1.29 is 22.7 Å². The highest BCUT2D eigenvalue weighted by atomic mass is 32.2. The minimum Gasteiger partial charge on any atom is -0.457 e. The largest absolute Gasteiger partial charge is 0.457 e. The quantitative estimate of drug-likeness (QED) is 0.552. The fraction of sp³-hybridized carbons (Fsp3) is 0.292. The molecule has 3 aromatic rings. The SMILES string of the molecule is CC(C)CN1Cc2c(Oc3ccc(S(C)(=O)=O)cc3)cc(C(=O)Nc3ccn(C)n3)cc2C1=O. The van der Waals surface area contributed by atoms with Crippen molar-refractivity contribution >= 4 is 27.5 Å². The van der Waals surface area contributed by atoms with Crippen LogP contribution < -0.4 is 10.1 Å². The highest BCUT2D eigenvalue weighted by molar-refractivity contribution is 7.90. The van der Waals surface area contributed by atoms with E-state index in [1.54, 1.807) is 53.2 Å². The van der Waals surface area contributed by atoms with Crippen LogP contribution in [0.4, 0.5) is 5.82 Å². The molecule has 1 aliphatic heterocycles. The van der Waals surface area contributed by atoms with E-state index in [-0.39, 0.29) is 22.3 Å². The van der Waals surface area contributed by atoms with Gasteiger partial charge in [-0.3, -0.25) is 14.3 Å². The summed E-state index contributed by atoms with van der Waals surface area (Å²) in [5, 5.41) is 6.88. The molecule has 1 aliphatic rings. The Balaban J connectivity index is 1.70. The Hall–Kier alpha value is -3.66. The van der Waals surface area contributed by atoms with E-state index in [0.29, 0.717) is 41.5 Å². The molecule has 0 atom stereocenters. The van der Waals surface area contributed by atoms with E-state index in [1.165, 1.54) is 12.1 Å². The van der Waals surface area contributed by atoms with Crippen molar-refractivity contribution in [3.8, 4) is 11.5 Å². The van der Waals surface area contributed by atoms with E-state index in [1.807, 2.05) is 13.8 Å². The molecule has 0 spiro atoms. The number of ether oxygens (including phenoxy) is 1. The summed E-state index contributed by atoms with van der Waals surface area (Å²) in [5.41, 5.74) is 1.36. The van der Waals surface area contributed by atoms with Gasteiger partial charge in [0.15, 0.2) is 15.7 Å². The van der Waals surface area contributed by atoms with Crippen molar-refractivity contribution in [1.82, 2.24) is 14.7 Å². The Morgan fingerprint density at radius 2 is 1.88 bits per heavy atom. The summed E-state index contributed by atoms with van der Waals surface area (Å²) < 4.78 is 31.1. The molecule has 0 radical (unpaired) electrons. The smallest absolute Gasteiger partial charge is 0.257 e. The lowest BCUT2D eigenvalue weighted by atomic mass is 10.0. The standard InChI is InChI=1S/C24H26N4O5S/c1-15(2)13-28-14-20-19(24(28)30)11-16(23(29)25-22-9-10-27(3)26-22)12-21(20)33-17-5-7-18(8-6-17)34(4,31)32/h5-12,15H,13-14H2,1-4H3,(H,25,26,29). The maximum atomic E-state index is 13.1. The normalized spacial score (nSPS) is 13.3. The molecule has 2 aromatic carbocycles. The number of hydrogen-bond acceptors (Lipinski definition) is 6. The molecule has 0 fully saturated rings. The van der Waals surface area contributed by atoms with Crippen molar-refractivity contribution in [1.29, 1.82) is 0 Å². The van der Waals surface area contributed by atoms with Gasteiger partial charge in [-0.2, -0.15) is 5.10 Å². The molecule has 34 heavy (non-hydrogen) atoms. The van der Waals surface area contributed by atoms with Crippen LogP contribution in [0.25, 0.3) is 0 Å². The zero-order valence-corrected chi connectivity index (χ0v) is 20.2. The zero-order valence-electron chi connectivity index (χ0n) is 19.4. The number of hydrogen-bond donors (Lipinski definition) is 1. The molecular formula is C24H26N4O5S. The topological polar surface area (TPSA) is 111 Å². The van der Waals surface area contributed by atoms with E-state index >= 15 is 0 Å². The molecule has 2 heterocycles. The van der Waals surface area contributed by atoms with Crippen LogP contribution in [-0.2, 0) is 23.4 Å². The fourth-order valence-corrected chi connectivity index (χ4v) is 4.43. The lowest BCUT2D eigenvalue weighted by molar-refractivity contribution is 0.0759. The van der Waals surface area contributed by atoms with E-state index < -0.39 is 15.7 Å². The monoisotopic (exact) mass is 482 g/mol. The number of nitrogens with one attached hydrogen (secondary N) is 1. The average molecular weight is 483 g/mol. The lowest BCUT2D eigenvalue weighted by Gasteiger charge is -2.18. The van der Waals surface area contributed by atoms with Gasteiger partial charge in [0.2, 0.25) is 0 Å². The minimum atomic E-state index is -3.34. The summed E-state index contributed by atoms with van der Waals surface area (Å²) in [7, 11) is -1.60. The Morgan fingerprint density at radius 3 is 2.47 bits per heavy atom. The molecule has 1 N–H and O–H groups in total. The molecule has 9 nitrogen and oxygen atoms in total. The van der Waals surface area contributed by atoms with Crippen molar-refractivity contribution in [2.75, 3.05) is 18.1 Å². The molecule has 2 amide bonds. The van der Waals surface area contributed by atoms with Crippen molar-refractivity contribution in [3.63, 3.8) is 0 Å². The first-order valence-corrected chi connectivity index (χ1v) is 12.7. The van der Waals surface area contributed by atoms with Crippen molar-refractivity contribution in [2.45, 2.75) is 25.3 Å². The number of carbonyl (C=O) groups is 2. The van der Waals surface area contributed by atoms with Crippen molar-refractivity contribution in [3.05, 3.63) is 65.4 Å². The van der Waals surface area contributed by atoms with Crippen LogP contribution in [0.15, 0.2) is 53.6 Å². The van der Waals surface area contributed by atoms with Gasteiger partial charge in [-0.25, -0.2) is 8.42 Å². The minimum absolute atomic E-state index is 0.159. The molecule has 4 rings (SSSR count). The number of amides is 2. The first-order valence-electron chi connectivity index (χ1n) is 10.8. The summed E-state index contributed by atoms with van der Waals surface area (Å²) in [5.74, 6) is 0.849. The first kappa shape index (κ1) is 23.5. The van der Waals surface area contributed by atoms with Crippen LogP contribution in [0.1, 0.15) is 40.1 Å². The Bertz CT molecular complexity index is 1360. The predicted octanol–water partition coefficient (Wildman–Crippen LogP) is 3.48. The van der Waals surface area contributed by atoms with Gasteiger partial charge < -0.3 is 15.0 Å². The number of rotatable bonds is 7. The van der Waals surface area contributed by atoms with Gasteiger partial charge >= 0.3 is 0 Å². The van der Waals surface area contributed by atoms with Crippen LogP contribution >= 0.6 is 0 Å². The average Bonchev–Trinajstić information content (AvgIpc) is 3.30. The molecule has 0 saturated carbocycles. The molecule has 0 bridgehead atoms. The number of nitrogens with zero attached hydrogens (tertiary/aromatic N) is 3. The second-order valence-electron chi connectivity index (χ2n) is 8.75. The van der Waals surface area contributed by atoms with Gasteiger partial charge in [-0.15, -0.1) is 0 Å². The maximum Gasteiger partial charge on any atom is 0.257 e. The molecule has 0 unspecified atom stereocenters. The second kappa shape index (κ2) is 8.94. The van der Waals surface area contributed by atoms with Gasteiger partial charge in [0.1, 0.15) is 11.5 Å². The van der Waals surface area contributed by atoms with Crippen molar-refractivity contribution in [2.24, 2.45) is 13.0 Å². The molecule has 0 saturated heterocycles. The number of anilines is 1. The van der Waals surface area contributed by atoms with E-state index in [0.717, 1.165) is 6.26 Å². The summed E-state index contributed by atoms with van der Waals surface area (Å²) in [6.07, 6.45) is 2.84. The van der Waals surface area contributed by atoms with Gasteiger partial charge in [-0.1, -0.05) is 13.8 Å². The number of sulfone groups is 1. The summed E-state index contributed by atoms with van der Waals surface area (Å²) in [6.45, 7) is 5.00. The molecule has 0 aliphatic carbocycles. The Kier molecular flexibility index (Phi) is 6.18. The maximum absolute atomic E-state index is 13.1. The molecule has 1 aromatic heterocycles. The number of carbonyl (C=O) groups excluding carboxylic acids is 2. The molecule has 178 valence electrons. The van der Waals surface area contributed by atoms with E-state index in [9.17, 15) is 18.0 Å². The number of benzene rings is 2. The molecule has 10 heteroatoms. The van der Waals surface area contributed by atoms with Gasteiger partial charge in [-0.05, 0) is 42.3 Å². The number of aryl methyl sites for hydroxylation is 1. The van der Waals surface area contributed by atoms with Crippen LogP contribution in [0, 0.1) is 5.92 Å². The second-order valence-corrected chi connectivity index (χ2v) is 10.8. The van der Waals surface area contributed by atoms with Crippen LogP contribution in [0.5, 0.6) is 11.5 Å². The third kappa shape index (κ3) is 4.96. The summed E-state index contributed by atoms with van der Waals surface area (Å²) in [6, 6.07) is 10.8. The predicted molar refractivity (Wildman–Crippen MR) is 127 cm³/mol. The van der Waals surface area contributed by atoms with Crippen LogP contribution in [-0.4, -0.2) is 47.7 Å². The lowest BCUT2D eigenvalue weighted by Crippen LogP contribution is -2.27. The van der Waals surface area contributed by atoms with Crippen LogP contribution in [0.3, 0.4) is 0 Å². The fourth-order valence-electron chi connectivity index (χ4n) is 3.79. The highest BCUT2D eigenvalue weighted by Crippen LogP contribution is 2.36. The Labute approximate surface area is 198 Å². The van der Waals surface area contributed by atoms with Gasteiger partial charge in [0.05, 0.1) is 11.4 Å². The zero-order chi connectivity index (χ0) is 24.6. The summed E-state index contributed by atoms with van der Waals surface area (Å²) in [4.78, 5) is 27.9. The van der Waals surface area contributed by atoms with Crippen LogP contribution in [0.2, 0.25) is 0 Å². The van der Waals surface area contributed by atoms with E-state index in [4.69, 9.17) is 4.74 Å². The van der Waals surface area contributed by atoms with Gasteiger partial charge in [0.25, 0.3) is 11.8 Å². The Morgan fingerprint density at radius 1 is 1.18 bits per heavy atom. The highest BCUT2D eigenvalue weighted by Gasteiger charge is 2.32. The van der Waals surface area contributed by atoms with E-state index in [2.05, 4.69) is 10.4 Å². The first-order chi connectivity index (χ1) is 16.0. The molecular weight excluding hydrogens is 456 g/mol. The number of fused-ring (bicyclic) bond motifs is 1. The third-order valence-electron chi connectivity index (χ3n) is 5.36. The third-order valence-corrected chi connectivity index (χ3v) is 6.49. The van der Waals surface area contributed by atoms with Gasteiger partial charge in [0, 0.05) is 48.8 Å². The summed E-state index contributed by atoms with van der Waals surface area (Å²) >= 11 is 0.